The Balaban J connectivity index is 1.53. The van der Waals surface area contributed by atoms with Crippen LogP contribution in [-0.2, 0) is 57.1 Å². The average Bonchev–Trinajstić information content (AvgIpc) is 3.73. The maximum absolute atomic E-state index is 14.7. The van der Waals surface area contributed by atoms with Gasteiger partial charge >= 0.3 is 29.8 Å². The minimum atomic E-state index is -2.21. The van der Waals surface area contributed by atoms with E-state index in [1.165, 1.54) is 32.4 Å². The zero-order valence-electron chi connectivity index (χ0n) is 29.5. The van der Waals surface area contributed by atoms with Crippen molar-refractivity contribution in [3.05, 3.63) is 24.2 Å². The van der Waals surface area contributed by atoms with Gasteiger partial charge in [-0.15, -0.1) is 0 Å². The largest absolute Gasteiger partial charge is 0.481 e. The van der Waals surface area contributed by atoms with Crippen molar-refractivity contribution in [1.29, 1.82) is 0 Å². The van der Waals surface area contributed by atoms with Gasteiger partial charge in [-0.05, 0) is 31.2 Å². The van der Waals surface area contributed by atoms with Crippen LogP contribution in [0.3, 0.4) is 0 Å². The number of rotatable bonds is 8. The zero-order chi connectivity index (χ0) is 36.9. The number of Topliss-reactive ketones (excluding diaryl/α,β-unsaturated/α-hetero) is 1. The second kappa shape index (κ2) is 9.98. The van der Waals surface area contributed by atoms with E-state index in [1.807, 2.05) is 6.92 Å². The Labute approximate surface area is 292 Å². The van der Waals surface area contributed by atoms with E-state index in [-0.39, 0.29) is 37.9 Å². The number of aliphatic carboxylic acids is 1. The molecule has 15 nitrogen and oxygen atoms in total. The van der Waals surface area contributed by atoms with Crippen LogP contribution in [-0.4, -0.2) is 87.9 Å². The van der Waals surface area contributed by atoms with E-state index in [4.69, 9.17) is 37.6 Å². The summed E-state index contributed by atoms with van der Waals surface area (Å²) in [4.78, 5) is 81.8. The van der Waals surface area contributed by atoms with Crippen LogP contribution in [0.25, 0.3) is 0 Å². The number of ether oxygens (including phenoxy) is 7. The van der Waals surface area contributed by atoms with Crippen LogP contribution in [0.1, 0.15) is 90.9 Å². The Morgan fingerprint density at radius 3 is 2.27 bits per heavy atom. The molecule has 1 aromatic heterocycles. The van der Waals surface area contributed by atoms with Crippen molar-refractivity contribution < 1.29 is 71.4 Å². The van der Waals surface area contributed by atoms with Crippen molar-refractivity contribution in [2.45, 2.75) is 121 Å². The van der Waals surface area contributed by atoms with E-state index >= 15 is 0 Å². The molecule has 7 aliphatic rings. The third kappa shape index (κ3) is 3.56. The molecule has 4 aliphatic carbocycles. The summed E-state index contributed by atoms with van der Waals surface area (Å²) in [6.45, 7) is 10.2. The number of hydrogen-bond acceptors (Lipinski definition) is 14. The monoisotopic (exact) mass is 714 g/mol. The van der Waals surface area contributed by atoms with Gasteiger partial charge in [-0.2, -0.15) is 0 Å². The molecule has 51 heavy (non-hydrogen) atoms. The molecule has 0 aromatic carbocycles. The molecule has 3 aliphatic heterocycles. The SMILES string of the molecule is CC(=O)O[C@@H]1[C@]2(OC(C)=O)[C@@H](OC(=O)C(C)C)C34OC5(C)OC3(CC[C@@](C)(C(=O)c3ccoc3)[C@H]4CC(=O)O)[C@]34COC(=O)CC3[C@]1(C)C[C@@]24O5. The Bertz CT molecular complexity index is 1790. The highest BCUT2D eigenvalue weighted by molar-refractivity contribution is 6.01. The van der Waals surface area contributed by atoms with Gasteiger partial charge in [0.05, 0.1) is 29.6 Å². The molecule has 0 radical (unpaired) electrons. The zero-order valence-corrected chi connectivity index (χ0v) is 29.5. The van der Waals surface area contributed by atoms with Gasteiger partial charge in [0.1, 0.15) is 29.7 Å². The molecular formula is C36H42O15. The summed E-state index contributed by atoms with van der Waals surface area (Å²) >= 11 is 0. The molecule has 1 N–H and O–H groups in total. The molecule has 12 atom stereocenters. The fourth-order valence-corrected chi connectivity index (χ4v) is 12.5. The molecular weight excluding hydrogens is 672 g/mol. The van der Waals surface area contributed by atoms with Crippen LogP contribution in [0.15, 0.2) is 23.0 Å². The van der Waals surface area contributed by atoms with Crippen molar-refractivity contribution in [2.24, 2.45) is 34.0 Å². The van der Waals surface area contributed by atoms with Crippen LogP contribution in [0.2, 0.25) is 0 Å². The van der Waals surface area contributed by atoms with Gasteiger partial charge in [0.25, 0.3) is 5.97 Å². The van der Waals surface area contributed by atoms with E-state index in [0.717, 1.165) is 6.92 Å². The lowest BCUT2D eigenvalue weighted by Gasteiger charge is -2.77. The van der Waals surface area contributed by atoms with Crippen LogP contribution in [0, 0.1) is 34.0 Å². The highest BCUT2D eigenvalue weighted by Gasteiger charge is 3.06. The van der Waals surface area contributed by atoms with Gasteiger partial charge in [-0.1, -0.05) is 27.7 Å². The second-order valence-corrected chi connectivity index (χ2v) is 16.4. The van der Waals surface area contributed by atoms with Crippen molar-refractivity contribution in [2.75, 3.05) is 6.61 Å². The first kappa shape index (κ1) is 34.3. The smallest absolute Gasteiger partial charge is 0.308 e. The van der Waals surface area contributed by atoms with Gasteiger partial charge < -0.3 is 42.7 Å². The first-order valence-electron chi connectivity index (χ1n) is 17.4. The molecule has 4 saturated carbocycles. The highest BCUT2D eigenvalue weighted by Crippen LogP contribution is 2.90. The summed E-state index contributed by atoms with van der Waals surface area (Å²) in [5, 5.41) is 10.7. The first-order chi connectivity index (χ1) is 23.8. The average molecular weight is 715 g/mol. The fourth-order valence-electron chi connectivity index (χ4n) is 12.5. The molecule has 0 amide bonds. The van der Waals surface area contributed by atoms with Crippen LogP contribution in [0.5, 0.6) is 0 Å². The standard InChI is InChI=1S/C36H42O15/c1-17(2)26(43)47-28-35-22(12-23(39)40)29(5,25(42)20-8-11-44-14-20)9-10-33(35)32-16-45-24(41)13-21(32)30(6)15-34(32,50-31(7,49-33)51-35)36(28,48-19(4)38)27(30)46-18(3)37/h8,11,14,17,21-22,27-28H,9-10,12-13,15-16H2,1-7H3,(H,39,40)/t21?,22-,27+,28+,29-,30+,31?,32+,33?,34+,35?,36+/m1/s1. The Morgan fingerprint density at radius 1 is 0.961 bits per heavy atom. The summed E-state index contributed by atoms with van der Waals surface area (Å²) < 4.78 is 51.6. The van der Waals surface area contributed by atoms with Gasteiger partial charge in [0, 0.05) is 43.9 Å². The number of esters is 4. The first-order valence-corrected chi connectivity index (χ1v) is 17.4. The summed E-state index contributed by atoms with van der Waals surface area (Å²) in [7, 11) is 0. The summed E-state index contributed by atoms with van der Waals surface area (Å²) in [6.07, 6.45) is -1.27. The Hall–Kier alpha value is -3.82. The van der Waals surface area contributed by atoms with Crippen molar-refractivity contribution in [3.63, 3.8) is 0 Å². The predicted molar refractivity (Wildman–Crippen MR) is 165 cm³/mol. The van der Waals surface area contributed by atoms with Gasteiger partial charge in [0.15, 0.2) is 18.0 Å². The van der Waals surface area contributed by atoms with Gasteiger partial charge in [-0.3, -0.25) is 28.8 Å². The molecule has 4 bridgehead atoms. The quantitative estimate of drug-likeness (QED) is 0.234. The number of carbonyl (C=O) groups is 6. The summed E-state index contributed by atoms with van der Waals surface area (Å²) in [5.41, 5.74) is -11.7. The third-order valence-corrected chi connectivity index (χ3v) is 13.7. The van der Waals surface area contributed by atoms with Crippen LogP contribution in [0.4, 0.5) is 0 Å². The number of ketones is 1. The molecule has 276 valence electrons. The number of carboxylic acids is 1. The molecule has 4 heterocycles. The van der Waals surface area contributed by atoms with Gasteiger partial charge in [0.2, 0.25) is 5.60 Å². The Kier molecular flexibility index (Phi) is 6.71. The molecule has 15 heteroatoms. The number of fused-ring (bicyclic) bond motifs is 3. The number of carboxylic acid groups (broad SMARTS) is 1. The minimum absolute atomic E-state index is 0.0389. The number of hydrogen-bond donors (Lipinski definition) is 1. The van der Waals surface area contributed by atoms with E-state index in [2.05, 4.69) is 0 Å². The van der Waals surface area contributed by atoms with Crippen molar-refractivity contribution in [1.82, 2.24) is 0 Å². The van der Waals surface area contributed by atoms with Gasteiger partial charge in [-0.25, -0.2) is 0 Å². The lowest BCUT2D eigenvalue weighted by Crippen LogP contribution is -2.95. The van der Waals surface area contributed by atoms with Crippen LogP contribution < -0.4 is 0 Å². The summed E-state index contributed by atoms with van der Waals surface area (Å²) in [5.74, 6) is -9.45. The molecule has 3 saturated heterocycles. The van der Waals surface area contributed by atoms with E-state index < -0.39 is 117 Å². The highest BCUT2D eigenvalue weighted by atomic mass is 16.9. The lowest BCUT2D eigenvalue weighted by molar-refractivity contribution is -0.484. The molecule has 4 unspecified atom stereocenters. The molecule has 8 rings (SSSR count). The maximum atomic E-state index is 14.7. The molecule has 1 aromatic rings. The van der Waals surface area contributed by atoms with E-state index in [9.17, 15) is 33.9 Å². The Morgan fingerprint density at radius 2 is 1.67 bits per heavy atom. The van der Waals surface area contributed by atoms with Crippen molar-refractivity contribution in [3.8, 4) is 0 Å². The number of carbonyl (C=O) groups excluding carboxylic acids is 5. The van der Waals surface area contributed by atoms with Crippen molar-refractivity contribution >= 4 is 35.6 Å². The number of furan rings is 1. The molecule has 3 spiro atoms. The van der Waals surface area contributed by atoms with E-state index in [1.54, 1.807) is 20.8 Å². The normalized spacial score (nSPS) is 48.0. The predicted octanol–water partition coefficient (Wildman–Crippen LogP) is 3.11. The molecule has 7 fully saturated rings. The number of cyclic esters (lactones) is 1. The maximum Gasteiger partial charge on any atom is 0.308 e. The topological polar surface area (TPSA) is 200 Å². The fraction of sp³-hybridized carbons (Fsp3) is 0.722. The van der Waals surface area contributed by atoms with E-state index in [0.29, 0.717) is 0 Å². The van der Waals surface area contributed by atoms with Crippen LogP contribution >= 0.6 is 0 Å². The third-order valence-electron chi connectivity index (χ3n) is 13.7. The summed E-state index contributed by atoms with van der Waals surface area (Å²) in [6, 6.07) is 1.48. The second-order valence-electron chi connectivity index (χ2n) is 16.4. The lowest BCUT2D eigenvalue weighted by atomic mass is 9.33. The minimum Gasteiger partial charge on any atom is -0.481 e.